The van der Waals surface area contributed by atoms with Crippen molar-refractivity contribution in [3.63, 3.8) is 0 Å². The van der Waals surface area contributed by atoms with Crippen LogP contribution in [0, 0.1) is 11.5 Å². The Kier molecular flexibility index (Phi) is 10.1. The van der Waals surface area contributed by atoms with Gasteiger partial charge in [-0.2, -0.15) is 5.26 Å². The smallest absolute Gasteiger partial charge is 0.242 e. The first-order valence-electron chi connectivity index (χ1n) is 11.4. The minimum Gasteiger partial charge on any atom is -0.457 e. The molecule has 3 aromatic carbocycles. The van der Waals surface area contributed by atoms with Crippen molar-refractivity contribution >= 4 is 29.2 Å². The molecule has 1 amide bonds. The molecular weight excluding hydrogens is 476 g/mol. The molecule has 8 nitrogen and oxygen atoms in total. The van der Waals surface area contributed by atoms with Crippen LogP contribution < -0.4 is 20.7 Å². The summed E-state index contributed by atoms with van der Waals surface area (Å²) < 4.78 is 5.82. The van der Waals surface area contributed by atoms with E-state index in [-0.39, 0.29) is 11.9 Å². The van der Waals surface area contributed by atoms with Crippen molar-refractivity contribution in [2.45, 2.75) is 12.5 Å². The first-order chi connectivity index (χ1) is 17.4. The number of benzene rings is 3. The quantitative estimate of drug-likeness (QED) is 0.217. The predicted molar refractivity (Wildman–Crippen MR) is 143 cm³/mol. The molecule has 0 fully saturated rings. The van der Waals surface area contributed by atoms with Gasteiger partial charge in [0.15, 0.2) is 0 Å². The first-order valence-corrected chi connectivity index (χ1v) is 11.8. The third kappa shape index (κ3) is 8.95. The Morgan fingerprint density at radius 1 is 1.03 bits per heavy atom. The van der Waals surface area contributed by atoms with Crippen molar-refractivity contribution in [3.05, 3.63) is 89.4 Å². The normalized spacial score (nSPS) is 11.9. The van der Waals surface area contributed by atoms with Crippen LogP contribution in [0.3, 0.4) is 0 Å². The number of hydrogen-bond acceptors (Lipinski definition) is 5. The lowest BCUT2D eigenvalue weighted by molar-refractivity contribution is -0.122. The lowest BCUT2D eigenvalue weighted by atomic mass is 10.1. The summed E-state index contributed by atoms with van der Waals surface area (Å²) in [6.07, 6.45) is 2.22. The third-order valence-electron chi connectivity index (χ3n) is 5.10. The van der Waals surface area contributed by atoms with E-state index in [2.05, 4.69) is 20.9 Å². The SMILES string of the molecule is CN(C)CCNC(=O)[C@H](Cc1ccccc1)N/C(=N\C#N)Nc1ccc(Oc2ccc(Cl)cc2)cc1. The fourth-order valence-corrected chi connectivity index (χ4v) is 3.40. The maximum absolute atomic E-state index is 13.0. The molecule has 0 saturated heterocycles. The van der Waals surface area contributed by atoms with E-state index in [1.165, 1.54) is 0 Å². The van der Waals surface area contributed by atoms with Gasteiger partial charge >= 0.3 is 0 Å². The second-order valence-electron chi connectivity index (χ2n) is 8.25. The number of nitriles is 1. The number of likely N-dealkylation sites (N-methyl/N-ethyl adjacent to an activating group) is 1. The van der Waals surface area contributed by atoms with Gasteiger partial charge in [-0.3, -0.25) is 4.79 Å². The van der Waals surface area contributed by atoms with Crippen molar-refractivity contribution < 1.29 is 9.53 Å². The zero-order valence-corrected chi connectivity index (χ0v) is 21.0. The Balaban J connectivity index is 1.68. The molecule has 0 radical (unpaired) electrons. The molecule has 0 aliphatic heterocycles. The summed E-state index contributed by atoms with van der Waals surface area (Å²) in [7, 11) is 3.89. The van der Waals surface area contributed by atoms with E-state index in [1.54, 1.807) is 54.7 Å². The average molecular weight is 505 g/mol. The Morgan fingerprint density at radius 3 is 2.28 bits per heavy atom. The molecule has 9 heteroatoms. The highest BCUT2D eigenvalue weighted by atomic mass is 35.5. The second kappa shape index (κ2) is 13.7. The molecule has 0 saturated carbocycles. The average Bonchev–Trinajstić information content (AvgIpc) is 2.86. The van der Waals surface area contributed by atoms with Crippen LogP contribution in [0.4, 0.5) is 5.69 Å². The van der Waals surface area contributed by atoms with Crippen LogP contribution in [-0.2, 0) is 11.2 Å². The van der Waals surface area contributed by atoms with E-state index in [9.17, 15) is 10.1 Å². The van der Waals surface area contributed by atoms with E-state index >= 15 is 0 Å². The molecule has 0 unspecified atom stereocenters. The van der Waals surface area contributed by atoms with Gasteiger partial charge in [0.25, 0.3) is 0 Å². The number of anilines is 1. The molecule has 3 N–H and O–H groups in total. The summed E-state index contributed by atoms with van der Waals surface area (Å²) >= 11 is 5.92. The molecule has 0 aromatic heterocycles. The molecule has 3 aromatic rings. The van der Waals surface area contributed by atoms with Crippen molar-refractivity contribution in [1.29, 1.82) is 5.26 Å². The number of guanidine groups is 1. The maximum atomic E-state index is 13.0. The maximum Gasteiger partial charge on any atom is 0.242 e. The van der Waals surface area contributed by atoms with Gasteiger partial charge < -0.3 is 25.6 Å². The summed E-state index contributed by atoms with van der Waals surface area (Å²) in [6, 6.07) is 23.3. The number of amides is 1. The van der Waals surface area contributed by atoms with E-state index in [1.807, 2.05) is 49.3 Å². The van der Waals surface area contributed by atoms with E-state index < -0.39 is 6.04 Å². The molecule has 0 bridgehead atoms. The van der Waals surface area contributed by atoms with Gasteiger partial charge in [0.2, 0.25) is 18.1 Å². The van der Waals surface area contributed by atoms with Gasteiger partial charge in [0.1, 0.15) is 17.5 Å². The molecule has 1 atom stereocenters. The molecule has 0 spiro atoms. The fraction of sp³-hybridized carbons (Fsp3) is 0.222. The summed E-state index contributed by atoms with van der Waals surface area (Å²) in [6.45, 7) is 1.22. The van der Waals surface area contributed by atoms with Gasteiger partial charge in [-0.1, -0.05) is 41.9 Å². The minimum absolute atomic E-state index is 0.174. The largest absolute Gasteiger partial charge is 0.457 e. The predicted octanol–water partition coefficient (Wildman–Crippen LogP) is 4.26. The Hall–Kier alpha value is -4.06. The summed E-state index contributed by atoms with van der Waals surface area (Å²) in [5, 5.41) is 19.0. The van der Waals surface area contributed by atoms with Crippen molar-refractivity contribution in [1.82, 2.24) is 15.5 Å². The monoisotopic (exact) mass is 504 g/mol. The van der Waals surface area contributed by atoms with Crippen molar-refractivity contribution in [3.8, 4) is 17.7 Å². The van der Waals surface area contributed by atoms with Crippen LogP contribution >= 0.6 is 11.6 Å². The Labute approximate surface area is 216 Å². The van der Waals surface area contributed by atoms with E-state index in [0.717, 1.165) is 5.56 Å². The van der Waals surface area contributed by atoms with Crippen molar-refractivity contribution in [2.75, 3.05) is 32.5 Å². The molecule has 0 heterocycles. The lowest BCUT2D eigenvalue weighted by Gasteiger charge is -2.21. The summed E-state index contributed by atoms with van der Waals surface area (Å²) in [5.41, 5.74) is 1.66. The standard InChI is InChI=1S/C27H29ClN6O2/c1-34(2)17-16-30-26(35)25(18-20-6-4-3-5-7-20)33-27(31-19-29)32-22-10-14-24(15-11-22)36-23-12-8-21(28)9-13-23/h3-15,25H,16-18H2,1-2H3,(H,30,35)(H2,31,32,33)/t25-/m0/s1. The number of carbonyl (C=O) groups is 1. The Bertz CT molecular complexity index is 1180. The zero-order chi connectivity index (χ0) is 25.8. The first kappa shape index (κ1) is 26.5. The van der Waals surface area contributed by atoms with Gasteiger partial charge in [0.05, 0.1) is 0 Å². The van der Waals surface area contributed by atoms with Gasteiger partial charge in [-0.25, -0.2) is 0 Å². The number of nitrogens with one attached hydrogen (secondary N) is 3. The third-order valence-corrected chi connectivity index (χ3v) is 5.35. The Morgan fingerprint density at radius 2 is 1.67 bits per heavy atom. The van der Waals surface area contributed by atoms with E-state index in [0.29, 0.717) is 41.7 Å². The number of aliphatic imine (C=N–C) groups is 1. The van der Waals surface area contributed by atoms with Crippen LogP contribution in [0.25, 0.3) is 0 Å². The molecule has 36 heavy (non-hydrogen) atoms. The van der Waals surface area contributed by atoms with Crippen LogP contribution in [0.1, 0.15) is 5.56 Å². The van der Waals surface area contributed by atoms with Crippen LogP contribution in [0.2, 0.25) is 5.02 Å². The highest BCUT2D eigenvalue weighted by molar-refractivity contribution is 6.30. The minimum atomic E-state index is -0.637. The molecular formula is C27H29ClN6O2. The summed E-state index contributed by atoms with van der Waals surface area (Å²) in [4.78, 5) is 18.8. The molecule has 186 valence electrons. The number of nitrogens with zero attached hydrogens (tertiary/aromatic N) is 3. The van der Waals surface area contributed by atoms with Gasteiger partial charge in [-0.05, 0) is 68.2 Å². The van der Waals surface area contributed by atoms with Gasteiger partial charge in [-0.15, -0.1) is 4.99 Å². The highest BCUT2D eigenvalue weighted by Crippen LogP contribution is 2.24. The molecule has 0 aliphatic rings. The topological polar surface area (TPSA) is 102 Å². The number of ether oxygens (including phenoxy) is 1. The summed E-state index contributed by atoms with van der Waals surface area (Å²) in [5.74, 6) is 1.29. The lowest BCUT2D eigenvalue weighted by Crippen LogP contribution is -2.50. The van der Waals surface area contributed by atoms with Crippen LogP contribution in [0.5, 0.6) is 11.5 Å². The van der Waals surface area contributed by atoms with Crippen LogP contribution in [0.15, 0.2) is 83.9 Å². The molecule has 0 aliphatic carbocycles. The van der Waals surface area contributed by atoms with Crippen molar-refractivity contribution in [2.24, 2.45) is 4.99 Å². The fourth-order valence-electron chi connectivity index (χ4n) is 3.28. The number of hydrogen-bond donors (Lipinski definition) is 3. The molecule has 3 rings (SSSR count). The highest BCUT2D eigenvalue weighted by Gasteiger charge is 2.20. The number of rotatable bonds is 10. The van der Waals surface area contributed by atoms with Gasteiger partial charge in [0, 0.05) is 30.2 Å². The zero-order valence-electron chi connectivity index (χ0n) is 20.2. The number of carbonyl (C=O) groups excluding carboxylic acids is 1. The number of halogens is 1. The second-order valence-corrected chi connectivity index (χ2v) is 8.68. The van der Waals surface area contributed by atoms with Crippen LogP contribution in [-0.4, -0.2) is 50.0 Å². The van der Waals surface area contributed by atoms with E-state index in [4.69, 9.17) is 16.3 Å².